The molecule has 2 N–H and O–H groups in total. The second-order valence-electron chi connectivity index (χ2n) is 5.44. The number of nitrogens with zero attached hydrogens (tertiary/aromatic N) is 2. The summed E-state index contributed by atoms with van der Waals surface area (Å²) in [4.78, 5) is 12.3. The Kier molecular flexibility index (Phi) is 4.67. The smallest absolute Gasteiger partial charge is 0.267 e. The standard InChI is InChI=1S/C18H13F2N3OS/c19-14-7-13(8-15(20)9-14)16-4-5-17(24)23(22-16)10-11-2-1-3-12(6-11)18(21)25/h1-9H,10H2,(H2,21,25). The summed E-state index contributed by atoms with van der Waals surface area (Å²) < 4.78 is 28.0. The molecule has 0 spiro atoms. The predicted octanol–water partition coefficient (Wildman–Crippen LogP) is 2.87. The van der Waals surface area contributed by atoms with Crippen LogP contribution in [0.2, 0.25) is 0 Å². The molecule has 0 aliphatic rings. The monoisotopic (exact) mass is 357 g/mol. The zero-order chi connectivity index (χ0) is 18.0. The molecular formula is C18H13F2N3OS. The molecule has 1 heterocycles. The van der Waals surface area contributed by atoms with Crippen LogP contribution < -0.4 is 11.3 Å². The van der Waals surface area contributed by atoms with E-state index >= 15 is 0 Å². The molecule has 25 heavy (non-hydrogen) atoms. The second-order valence-corrected chi connectivity index (χ2v) is 5.88. The minimum absolute atomic E-state index is 0.181. The van der Waals surface area contributed by atoms with Gasteiger partial charge in [-0.2, -0.15) is 5.10 Å². The maximum Gasteiger partial charge on any atom is 0.267 e. The first-order valence-electron chi connectivity index (χ1n) is 7.36. The molecule has 0 fully saturated rings. The molecule has 0 atom stereocenters. The molecule has 126 valence electrons. The maximum atomic E-state index is 13.4. The van der Waals surface area contributed by atoms with Gasteiger partial charge in [-0.1, -0.05) is 30.4 Å². The summed E-state index contributed by atoms with van der Waals surface area (Å²) >= 11 is 4.94. The molecule has 0 unspecified atom stereocenters. The Morgan fingerprint density at radius 1 is 1.08 bits per heavy atom. The van der Waals surface area contributed by atoms with Crippen molar-refractivity contribution in [2.45, 2.75) is 6.54 Å². The van der Waals surface area contributed by atoms with E-state index in [9.17, 15) is 13.6 Å². The third-order valence-corrected chi connectivity index (χ3v) is 3.80. The third-order valence-electron chi connectivity index (χ3n) is 3.57. The van der Waals surface area contributed by atoms with Crippen LogP contribution in [0.1, 0.15) is 11.1 Å². The highest BCUT2D eigenvalue weighted by Crippen LogP contribution is 2.18. The fraction of sp³-hybridized carbons (Fsp3) is 0.0556. The van der Waals surface area contributed by atoms with Crippen molar-refractivity contribution >= 4 is 17.2 Å². The van der Waals surface area contributed by atoms with Gasteiger partial charge in [0.1, 0.15) is 16.6 Å². The number of benzene rings is 2. The quantitative estimate of drug-likeness (QED) is 0.730. The van der Waals surface area contributed by atoms with Crippen LogP contribution in [0, 0.1) is 11.6 Å². The summed E-state index contributed by atoms with van der Waals surface area (Å²) in [6.45, 7) is 0.181. The van der Waals surface area contributed by atoms with E-state index in [0.29, 0.717) is 11.3 Å². The number of hydrogen-bond donors (Lipinski definition) is 1. The van der Waals surface area contributed by atoms with Crippen molar-refractivity contribution in [2.75, 3.05) is 0 Å². The summed E-state index contributed by atoms with van der Waals surface area (Å²) in [5.74, 6) is -1.42. The molecule has 2 aromatic carbocycles. The van der Waals surface area contributed by atoms with Crippen molar-refractivity contribution in [1.82, 2.24) is 9.78 Å². The van der Waals surface area contributed by atoms with E-state index in [1.807, 2.05) is 6.07 Å². The zero-order valence-electron chi connectivity index (χ0n) is 12.9. The van der Waals surface area contributed by atoms with Crippen LogP contribution in [0.4, 0.5) is 8.78 Å². The van der Waals surface area contributed by atoms with Crippen LogP contribution in [-0.4, -0.2) is 14.8 Å². The average molecular weight is 357 g/mol. The highest BCUT2D eigenvalue weighted by molar-refractivity contribution is 7.80. The number of hydrogen-bond acceptors (Lipinski definition) is 3. The summed E-state index contributed by atoms with van der Waals surface area (Å²) in [5.41, 5.74) is 7.29. The molecule has 0 amide bonds. The molecule has 3 aromatic rings. The molecule has 0 radical (unpaired) electrons. The van der Waals surface area contributed by atoms with Gasteiger partial charge in [0.25, 0.3) is 5.56 Å². The normalized spacial score (nSPS) is 10.6. The van der Waals surface area contributed by atoms with Gasteiger partial charge in [-0.3, -0.25) is 4.79 Å². The van der Waals surface area contributed by atoms with Crippen molar-refractivity contribution in [2.24, 2.45) is 5.73 Å². The van der Waals surface area contributed by atoms with Gasteiger partial charge in [-0.25, -0.2) is 13.5 Å². The maximum absolute atomic E-state index is 13.4. The van der Waals surface area contributed by atoms with Crippen molar-refractivity contribution in [3.05, 3.63) is 87.7 Å². The van der Waals surface area contributed by atoms with E-state index in [-0.39, 0.29) is 22.7 Å². The summed E-state index contributed by atoms with van der Waals surface area (Å²) in [6.07, 6.45) is 0. The minimum Gasteiger partial charge on any atom is -0.389 e. The summed E-state index contributed by atoms with van der Waals surface area (Å²) in [7, 11) is 0. The first-order chi connectivity index (χ1) is 11.9. The van der Waals surface area contributed by atoms with Crippen LogP contribution in [0.3, 0.4) is 0 Å². The first-order valence-corrected chi connectivity index (χ1v) is 7.76. The molecule has 3 rings (SSSR count). The predicted molar refractivity (Wildman–Crippen MR) is 95.3 cm³/mol. The first kappa shape index (κ1) is 16.9. The Hall–Kier alpha value is -2.93. The molecule has 0 saturated heterocycles. The van der Waals surface area contributed by atoms with Gasteiger partial charge >= 0.3 is 0 Å². The second kappa shape index (κ2) is 6.90. The number of thiocarbonyl (C=S) groups is 1. The molecule has 1 aromatic heterocycles. The van der Waals surface area contributed by atoms with E-state index < -0.39 is 11.6 Å². The van der Waals surface area contributed by atoms with Gasteiger partial charge in [-0.15, -0.1) is 0 Å². The van der Waals surface area contributed by atoms with Crippen molar-refractivity contribution < 1.29 is 8.78 Å². The van der Waals surface area contributed by atoms with Crippen molar-refractivity contribution in [1.29, 1.82) is 0 Å². The Balaban J connectivity index is 1.99. The highest BCUT2D eigenvalue weighted by atomic mass is 32.1. The molecule has 0 bridgehead atoms. The van der Waals surface area contributed by atoms with Crippen molar-refractivity contribution in [3.63, 3.8) is 0 Å². The largest absolute Gasteiger partial charge is 0.389 e. The van der Waals surface area contributed by atoms with Crippen LogP contribution in [0.25, 0.3) is 11.3 Å². The van der Waals surface area contributed by atoms with Gasteiger partial charge in [0.15, 0.2) is 0 Å². The molecule has 0 aliphatic carbocycles. The summed E-state index contributed by atoms with van der Waals surface area (Å²) in [5, 5.41) is 4.20. The van der Waals surface area contributed by atoms with Gasteiger partial charge in [0.2, 0.25) is 0 Å². The molecule has 0 aliphatic heterocycles. The Labute approximate surface area is 147 Å². The third kappa shape index (κ3) is 3.95. The molecule has 4 nitrogen and oxygen atoms in total. The van der Waals surface area contributed by atoms with E-state index in [4.69, 9.17) is 18.0 Å². The van der Waals surface area contributed by atoms with E-state index in [2.05, 4.69) is 5.10 Å². The Bertz CT molecular complexity index is 997. The number of aromatic nitrogens is 2. The van der Waals surface area contributed by atoms with Gasteiger partial charge in [-0.05, 0) is 29.8 Å². The number of halogens is 2. The lowest BCUT2D eigenvalue weighted by Gasteiger charge is -2.09. The SMILES string of the molecule is NC(=S)c1cccc(Cn2nc(-c3cc(F)cc(F)c3)ccc2=O)c1. The fourth-order valence-corrected chi connectivity index (χ4v) is 2.54. The van der Waals surface area contributed by atoms with Crippen molar-refractivity contribution in [3.8, 4) is 11.3 Å². The Morgan fingerprint density at radius 3 is 2.48 bits per heavy atom. The lowest BCUT2D eigenvalue weighted by Crippen LogP contribution is -2.23. The zero-order valence-corrected chi connectivity index (χ0v) is 13.8. The minimum atomic E-state index is -0.710. The van der Waals surface area contributed by atoms with E-state index in [1.165, 1.54) is 16.8 Å². The van der Waals surface area contributed by atoms with Crippen LogP contribution in [0.5, 0.6) is 0 Å². The van der Waals surface area contributed by atoms with E-state index in [1.54, 1.807) is 18.2 Å². The van der Waals surface area contributed by atoms with E-state index in [0.717, 1.165) is 23.8 Å². The van der Waals surface area contributed by atoms with Gasteiger partial charge < -0.3 is 5.73 Å². The lowest BCUT2D eigenvalue weighted by molar-refractivity contribution is 0.583. The van der Waals surface area contributed by atoms with Crippen LogP contribution >= 0.6 is 12.2 Å². The summed E-state index contributed by atoms with van der Waals surface area (Å²) in [6, 6.07) is 13.0. The van der Waals surface area contributed by atoms with Gasteiger partial charge in [0.05, 0.1) is 12.2 Å². The average Bonchev–Trinajstić information content (AvgIpc) is 2.56. The Morgan fingerprint density at radius 2 is 1.80 bits per heavy atom. The van der Waals surface area contributed by atoms with Crippen LogP contribution in [-0.2, 0) is 6.54 Å². The highest BCUT2D eigenvalue weighted by Gasteiger charge is 2.08. The number of nitrogens with two attached hydrogens (primary N) is 1. The topological polar surface area (TPSA) is 60.9 Å². The fourth-order valence-electron chi connectivity index (χ4n) is 2.41. The lowest BCUT2D eigenvalue weighted by atomic mass is 10.1. The molecular weight excluding hydrogens is 344 g/mol. The molecule has 0 saturated carbocycles. The number of rotatable bonds is 4. The molecule has 7 heteroatoms. The van der Waals surface area contributed by atoms with Gasteiger partial charge in [0, 0.05) is 23.3 Å². The van der Waals surface area contributed by atoms with Crippen LogP contribution in [0.15, 0.2) is 59.4 Å².